The van der Waals surface area contributed by atoms with Crippen LogP contribution in [0.15, 0.2) is 41.9 Å². The summed E-state index contributed by atoms with van der Waals surface area (Å²) in [5.41, 5.74) is 4.11. The van der Waals surface area contributed by atoms with Gasteiger partial charge in [-0.05, 0) is 49.6 Å². The fourth-order valence-corrected chi connectivity index (χ4v) is 2.60. The maximum atomic E-state index is 13.4. The van der Waals surface area contributed by atoms with Crippen molar-refractivity contribution in [3.8, 4) is 23.1 Å². The molecule has 0 saturated carbocycles. The Hall–Kier alpha value is -2.51. The summed E-state index contributed by atoms with van der Waals surface area (Å²) in [4.78, 5) is 8.68. The van der Waals surface area contributed by atoms with E-state index in [9.17, 15) is 4.39 Å². The predicted molar refractivity (Wildman–Crippen MR) is 87.2 cm³/mol. The number of pyridine rings is 1. The first-order chi connectivity index (χ1) is 10.6. The average molecular weight is 308 g/mol. The zero-order valence-electron chi connectivity index (χ0n) is 12.2. The molecular formula is C18H13FN2S. The Kier molecular flexibility index (Phi) is 3.99. The molecule has 0 aliphatic heterocycles. The minimum Gasteiger partial charge on any atom is -0.255 e. The molecule has 2 aromatic heterocycles. The van der Waals surface area contributed by atoms with Crippen LogP contribution in [0.3, 0.4) is 0 Å². The van der Waals surface area contributed by atoms with E-state index >= 15 is 0 Å². The lowest BCUT2D eigenvalue weighted by molar-refractivity contribution is 0.628. The number of hydrogen-bond acceptors (Lipinski definition) is 3. The predicted octanol–water partition coefficient (Wildman–Crippen LogP) is 4.36. The standard InChI is InChI=1S/C18H13FN2S/c1-12-3-6-15(19)9-17(12)18-8-5-14(10-20-18)4-7-16-11-22-13(2)21-16/h3,5-6,8-11H,1-2H3. The minimum absolute atomic E-state index is 0.259. The summed E-state index contributed by atoms with van der Waals surface area (Å²) in [5, 5.41) is 2.93. The maximum Gasteiger partial charge on any atom is 0.124 e. The number of halogens is 1. The van der Waals surface area contributed by atoms with Crippen LogP contribution in [0.1, 0.15) is 21.8 Å². The van der Waals surface area contributed by atoms with E-state index < -0.39 is 0 Å². The Morgan fingerprint density at radius 3 is 2.64 bits per heavy atom. The molecule has 0 N–H and O–H groups in total. The van der Waals surface area contributed by atoms with Gasteiger partial charge >= 0.3 is 0 Å². The second kappa shape index (κ2) is 6.08. The Bertz CT molecular complexity index is 870. The van der Waals surface area contributed by atoms with Crippen LogP contribution < -0.4 is 0 Å². The Morgan fingerprint density at radius 2 is 1.95 bits per heavy atom. The van der Waals surface area contributed by atoms with Crippen LogP contribution in [0, 0.1) is 31.5 Å². The van der Waals surface area contributed by atoms with E-state index in [2.05, 4.69) is 21.8 Å². The molecule has 0 aliphatic rings. The maximum absolute atomic E-state index is 13.4. The van der Waals surface area contributed by atoms with Crippen molar-refractivity contribution in [1.29, 1.82) is 0 Å². The van der Waals surface area contributed by atoms with Crippen molar-refractivity contribution in [3.63, 3.8) is 0 Å². The van der Waals surface area contributed by atoms with E-state index in [1.807, 2.05) is 31.4 Å². The first-order valence-corrected chi connectivity index (χ1v) is 7.66. The molecule has 0 spiro atoms. The molecule has 0 saturated heterocycles. The van der Waals surface area contributed by atoms with Crippen molar-refractivity contribution in [2.24, 2.45) is 0 Å². The van der Waals surface area contributed by atoms with Crippen molar-refractivity contribution in [3.05, 3.63) is 69.6 Å². The summed E-state index contributed by atoms with van der Waals surface area (Å²) >= 11 is 1.58. The quantitative estimate of drug-likeness (QED) is 0.624. The summed E-state index contributed by atoms with van der Waals surface area (Å²) in [6.45, 7) is 3.89. The first kappa shape index (κ1) is 14.4. The highest BCUT2D eigenvalue weighted by molar-refractivity contribution is 7.09. The van der Waals surface area contributed by atoms with Gasteiger partial charge in [0.2, 0.25) is 0 Å². The third-order valence-corrected chi connectivity index (χ3v) is 3.97. The second-order valence-electron chi connectivity index (χ2n) is 4.89. The highest BCUT2D eigenvalue weighted by Crippen LogP contribution is 2.22. The van der Waals surface area contributed by atoms with Crippen molar-refractivity contribution in [2.75, 3.05) is 0 Å². The third kappa shape index (κ3) is 3.21. The van der Waals surface area contributed by atoms with E-state index in [-0.39, 0.29) is 5.82 Å². The van der Waals surface area contributed by atoms with Gasteiger partial charge in [-0.1, -0.05) is 12.0 Å². The highest BCUT2D eigenvalue weighted by atomic mass is 32.1. The topological polar surface area (TPSA) is 25.8 Å². The lowest BCUT2D eigenvalue weighted by atomic mass is 10.0. The van der Waals surface area contributed by atoms with Crippen LogP contribution in [0.5, 0.6) is 0 Å². The zero-order valence-corrected chi connectivity index (χ0v) is 13.0. The van der Waals surface area contributed by atoms with Gasteiger partial charge in [-0.25, -0.2) is 9.37 Å². The number of aromatic nitrogens is 2. The molecule has 0 atom stereocenters. The lowest BCUT2D eigenvalue weighted by Crippen LogP contribution is -1.89. The normalized spacial score (nSPS) is 10.1. The van der Waals surface area contributed by atoms with Gasteiger partial charge in [0.25, 0.3) is 0 Å². The summed E-state index contributed by atoms with van der Waals surface area (Å²) in [6, 6.07) is 8.46. The number of rotatable bonds is 1. The number of thiazole rings is 1. The van der Waals surface area contributed by atoms with Crippen LogP contribution >= 0.6 is 11.3 Å². The van der Waals surface area contributed by atoms with Gasteiger partial charge in [0, 0.05) is 22.7 Å². The fraction of sp³-hybridized carbons (Fsp3) is 0.111. The smallest absolute Gasteiger partial charge is 0.124 e. The van der Waals surface area contributed by atoms with Gasteiger partial charge in [-0.15, -0.1) is 11.3 Å². The van der Waals surface area contributed by atoms with Crippen molar-refractivity contribution in [2.45, 2.75) is 13.8 Å². The molecule has 0 radical (unpaired) electrons. The van der Waals surface area contributed by atoms with E-state index in [4.69, 9.17) is 0 Å². The van der Waals surface area contributed by atoms with E-state index in [1.54, 1.807) is 23.6 Å². The highest BCUT2D eigenvalue weighted by Gasteiger charge is 2.04. The SMILES string of the molecule is Cc1nc(C#Cc2ccc(-c3cc(F)ccc3C)nc2)cs1. The summed E-state index contributed by atoms with van der Waals surface area (Å²) in [5.74, 6) is 5.79. The van der Waals surface area contributed by atoms with Gasteiger partial charge in [0.05, 0.1) is 10.7 Å². The molecule has 0 unspecified atom stereocenters. The monoisotopic (exact) mass is 308 g/mol. The molecule has 3 rings (SSSR count). The van der Waals surface area contributed by atoms with Crippen LogP contribution in [0.25, 0.3) is 11.3 Å². The molecule has 0 amide bonds. The molecular weight excluding hydrogens is 295 g/mol. The van der Waals surface area contributed by atoms with Gasteiger partial charge < -0.3 is 0 Å². The fourth-order valence-electron chi connectivity index (χ4n) is 2.05. The molecule has 4 heteroatoms. The number of nitrogens with zero attached hydrogens (tertiary/aromatic N) is 2. The molecule has 108 valence electrons. The molecule has 2 nitrogen and oxygen atoms in total. The largest absolute Gasteiger partial charge is 0.255 e. The average Bonchev–Trinajstić information content (AvgIpc) is 2.94. The Morgan fingerprint density at radius 1 is 1.09 bits per heavy atom. The van der Waals surface area contributed by atoms with Crippen LogP contribution in [-0.2, 0) is 0 Å². The number of aryl methyl sites for hydroxylation is 2. The van der Waals surface area contributed by atoms with Crippen molar-refractivity contribution >= 4 is 11.3 Å². The number of hydrogen-bond donors (Lipinski definition) is 0. The zero-order chi connectivity index (χ0) is 15.5. The Labute approximate surface area is 132 Å². The lowest BCUT2D eigenvalue weighted by Gasteiger charge is -2.05. The molecule has 0 fully saturated rings. The molecule has 1 aromatic carbocycles. The third-order valence-electron chi connectivity index (χ3n) is 3.19. The summed E-state index contributed by atoms with van der Waals surface area (Å²) < 4.78 is 13.4. The van der Waals surface area contributed by atoms with Gasteiger partial charge in [-0.2, -0.15) is 0 Å². The van der Waals surface area contributed by atoms with Crippen LogP contribution in [-0.4, -0.2) is 9.97 Å². The molecule has 2 heterocycles. The van der Waals surface area contributed by atoms with Gasteiger partial charge in [0.1, 0.15) is 11.5 Å². The van der Waals surface area contributed by atoms with Crippen LogP contribution in [0.4, 0.5) is 4.39 Å². The summed E-state index contributed by atoms with van der Waals surface area (Å²) in [7, 11) is 0. The molecule has 3 aromatic rings. The molecule has 0 aliphatic carbocycles. The van der Waals surface area contributed by atoms with Gasteiger partial charge in [0.15, 0.2) is 0 Å². The van der Waals surface area contributed by atoms with E-state index in [1.165, 1.54) is 12.1 Å². The summed E-state index contributed by atoms with van der Waals surface area (Å²) in [6.07, 6.45) is 1.70. The van der Waals surface area contributed by atoms with E-state index in [0.29, 0.717) is 0 Å². The van der Waals surface area contributed by atoms with E-state index in [0.717, 1.165) is 33.1 Å². The van der Waals surface area contributed by atoms with Crippen molar-refractivity contribution in [1.82, 2.24) is 9.97 Å². The number of benzene rings is 1. The molecule has 22 heavy (non-hydrogen) atoms. The van der Waals surface area contributed by atoms with Crippen molar-refractivity contribution < 1.29 is 4.39 Å². The minimum atomic E-state index is -0.259. The van der Waals surface area contributed by atoms with Gasteiger partial charge in [-0.3, -0.25) is 4.98 Å². The molecule has 0 bridgehead atoms. The first-order valence-electron chi connectivity index (χ1n) is 6.78. The Balaban J connectivity index is 1.87. The second-order valence-corrected chi connectivity index (χ2v) is 5.96. The van der Waals surface area contributed by atoms with Crippen LogP contribution in [0.2, 0.25) is 0 Å².